The lowest BCUT2D eigenvalue weighted by Crippen LogP contribution is -2.47. The molecular weight excluding hydrogens is 302 g/mol. The van der Waals surface area contributed by atoms with Crippen molar-refractivity contribution in [3.05, 3.63) is 71.9 Å². The summed E-state index contributed by atoms with van der Waals surface area (Å²) in [5.74, 6) is 0.986. The zero-order valence-corrected chi connectivity index (χ0v) is 13.4. The van der Waals surface area contributed by atoms with E-state index in [2.05, 4.69) is 17.4 Å². The van der Waals surface area contributed by atoms with Gasteiger partial charge in [-0.1, -0.05) is 30.3 Å². The van der Waals surface area contributed by atoms with E-state index < -0.39 is 0 Å². The number of rotatable bonds is 3. The lowest BCUT2D eigenvalue weighted by molar-refractivity contribution is -0.109. The molecule has 5 nitrogen and oxygen atoms in total. The lowest BCUT2D eigenvalue weighted by atomic mass is 10.1. The first-order chi connectivity index (χ1) is 11.8. The van der Waals surface area contributed by atoms with Crippen LogP contribution in [0.15, 0.2) is 60.8 Å². The first-order valence-electron chi connectivity index (χ1n) is 7.94. The van der Waals surface area contributed by atoms with Gasteiger partial charge in [0.1, 0.15) is 18.5 Å². The molecule has 0 aromatic heterocycles. The van der Waals surface area contributed by atoms with E-state index in [0.29, 0.717) is 6.54 Å². The third-order valence-electron chi connectivity index (χ3n) is 3.91. The Labute approximate surface area is 141 Å². The molecule has 0 radical (unpaired) electrons. The second kappa shape index (κ2) is 7.77. The number of ether oxygens (including phenoxy) is 1. The highest BCUT2D eigenvalue weighted by Gasteiger charge is 2.17. The minimum Gasteiger partial charge on any atom is -0.489 e. The van der Waals surface area contributed by atoms with Crippen molar-refractivity contribution in [3.8, 4) is 5.75 Å². The number of carbonyl (C=O) groups is 1. The number of hydrogen-bond acceptors (Lipinski definition) is 5. The lowest BCUT2D eigenvalue weighted by Gasteiger charge is -2.30. The maximum absolute atomic E-state index is 10.9. The van der Waals surface area contributed by atoms with Crippen LogP contribution >= 0.6 is 0 Å². The van der Waals surface area contributed by atoms with Gasteiger partial charge in [-0.15, -0.1) is 0 Å². The van der Waals surface area contributed by atoms with Crippen molar-refractivity contribution in [1.82, 2.24) is 5.32 Å². The number of nitrogens with two attached hydrogens (primary N) is 1. The van der Waals surface area contributed by atoms with Gasteiger partial charge in [-0.2, -0.15) is 0 Å². The molecule has 1 unspecified atom stereocenters. The van der Waals surface area contributed by atoms with Crippen molar-refractivity contribution in [1.29, 1.82) is 0 Å². The fourth-order valence-corrected chi connectivity index (χ4v) is 2.60. The molecule has 1 atom stereocenters. The standard InChI is InChI=1S/C12H15N3O.C7H6O/c13-8-10-3-1-4-11(7-10)15-6-2-5-14-12(15)9-16;1-3-7-4-2-6(1)5-8-7/h1-4,6-7,9,12,14H,5,8,13H2;1-4H,5H2. The molecule has 0 fully saturated rings. The SMILES string of the molecule is NCc1cccc(N2C=CCNC2C=O)c1.c1cc2ccc1CO2. The van der Waals surface area contributed by atoms with E-state index in [1.807, 2.05) is 53.6 Å². The Morgan fingerprint density at radius 3 is 2.62 bits per heavy atom. The highest BCUT2D eigenvalue weighted by atomic mass is 16.5. The molecule has 0 saturated carbocycles. The molecule has 3 N–H and O–H groups in total. The Balaban J connectivity index is 0.000000175. The largest absolute Gasteiger partial charge is 0.489 e. The average Bonchev–Trinajstić information content (AvgIpc) is 2.70. The average molecular weight is 323 g/mol. The van der Waals surface area contributed by atoms with Crippen molar-refractivity contribution >= 4 is 12.0 Å². The summed E-state index contributed by atoms with van der Waals surface area (Å²) in [6, 6.07) is 16.0. The topological polar surface area (TPSA) is 67.6 Å². The zero-order valence-electron chi connectivity index (χ0n) is 13.4. The fourth-order valence-electron chi connectivity index (χ4n) is 2.60. The van der Waals surface area contributed by atoms with Crippen LogP contribution in [0.4, 0.5) is 5.69 Å². The van der Waals surface area contributed by atoms with Crippen LogP contribution in [0.5, 0.6) is 5.75 Å². The van der Waals surface area contributed by atoms with E-state index in [1.54, 1.807) is 0 Å². The van der Waals surface area contributed by atoms with E-state index in [-0.39, 0.29) is 6.17 Å². The maximum Gasteiger partial charge on any atom is 0.157 e. The molecule has 2 bridgehead atoms. The van der Waals surface area contributed by atoms with Crippen LogP contribution in [-0.2, 0) is 17.9 Å². The molecule has 0 aliphatic carbocycles. The smallest absolute Gasteiger partial charge is 0.157 e. The molecule has 0 spiro atoms. The Hall–Kier alpha value is -2.63. The summed E-state index contributed by atoms with van der Waals surface area (Å²) < 4.78 is 5.18. The van der Waals surface area contributed by atoms with E-state index in [9.17, 15) is 4.79 Å². The van der Waals surface area contributed by atoms with Crippen LogP contribution in [0.2, 0.25) is 0 Å². The van der Waals surface area contributed by atoms with Gasteiger partial charge in [0.05, 0.1) is 0 Å². The number of nitrogens with zero attached hydrogens (tertiary/aromatic N) is 1. The highest BCUT2D eigenvalue weighted by molar-refractivity contribution is 5.68. The highest BCUT2D eigenvalue weighted by Crippen LogP contribution is 2.20. The quantitative estimate of drug-likeness (QED) is 0.848. The first kappa shape index (κ1) is 16.2. The third-order valence-corrected chi connectivity index (χ3v) is 3.91. The molecule has 5 heteroatoms. The Bertz CT molecular complexity index is 690. The number of hydrogen-bond donors (Lipinski definition) is 2. The van der Waals surface area contributed by atoms with Gasteiger partial charge < -0.3 is 15.4 Å². The van der Waals surface area contributed by atoms with E-state index in [1.165, 1.54) is 5.56 Å². The number of benzene rings is 2. The summed E-state index contributed by atoms with van der Waals surface area (Å²) in [5, 5.41) is 3.09. The van der Waals surface area contributed by atoms with Gasteiger partial charge in [0, 0.05) is 25.0 Å². The molecule has 3 heterocycles. The minimum atomic E-state index is -0.293. The second-order valence-corrected chi connectivity index (χ2v) is 5.59. The molecule has 2 aromatic rings. The van der Waals surface area contributed by atoms with Gasteiger partial charge in [0.15, 0.2) is 6.29 Å². The third kappa shape index (κ3) is 3.82. The molecule has 24 heavy (non-hydrogen) atoms. The van der Waals surface area contributed by atoms with Crippen molar-refractivity contribution < 1.29 is 9.53 Å². The second-order valence-electron chi connectivity index (χ2n) is 5.59. The van der Waals surface area contributed by atoms with Crippen LogP contribution in [0, 0.1) is 0 Å². The van der Waals surface area contributed by atoms with Gasteiger partial charge in [0.2, 0.25) is 0 Å². The molecule has 2 aromatic carbocycles. The predicted octanol–water partition coefficient (Wildman–Crippen LogP) is 2.17. The van der Waals surface area contributed by atoms with Gasteiger partial charge in [-0.05, 0) is 35.4 Å². The molecule has 0 saturated heterocycles. The van der Waals surface area contributed by atoms with Crippen LogP contribution < -0.4 is 20.7 Å². The van der Waals surface area contributed by atoms with Crippen LogP contribution in [0.25, 0.3) is 0 Å². The Kier molecular flexibility index (Phi) is 5.25. The predicted molar refractivity (Wildman–Crippen MR) is 94.6 cm³/mol. The number of carbonyl (C=O) groups excluding carboxylic acids is 1. The summed E-state index contributed by atoms with van der Waals surface area (Å²) >= 11 is 0. The normalized spacial score (nSPS) is 17.7. The van der Waals surface area contributed by atoms with Crippen LogP contribution in [0.3, 0.4) is 0 Å². The number of nitrogens with one attached hydrogen (secondary N) is 1. The summed E-state index contributed by atoms with van der Waals surface area (Å²) in [6.07, 6.45) is 4.51. The van der Waals surface area contributed by atoms with Crippen molar-refractivity contribution in [3.63, 3.8) is 0 Å². The molecule has 124 valence electrons. The van der Waals surface area contributed by atoms with E-state index in [0.717, 1.165) is 36.4 Å². The van der Waals surface area contributed by atoms with Gasteiger partial charge in [-0.3, -0.25) is 10.1 Å². The van der Waals surface area contributed by atoms with Crippen LogP contribution in [-0.4, -0.2) is 19.0 Å². The summed E-state index contributed by atoms with van der Waals surface area (Å²) in [6.45, 7) is 1.99. The molecular formula is C19H21N3O2. The monoisotopic (exact) mass is 323 g/mol. The van der Waals surface area contributed by atoms with Crippen LogP contribution in [0.1, 0.15) is 11.1 Å². The molecule has 3 aliphatic heterocycles. The first-order valence-corrected chi connectivity index (χ1v) is 7.94. The van der Waals surface area contributed by atoms with Crippen molar-refractivity contribution in [2.75, 3.05) is 11.4 Å². The Morgan fingerprint density at radius 1 is 1.25 bits per heavy atom. The summed E-state index contributed by atoms with van der Waals surface area (Å²) in [5.41, 5.74) is 8.89. The van der Waals surface area contributed by atoms with E-state index >= 15 is 0 Å². The van der Waals surface area contributed by atoms with Gasteiger partial charge in [0.25, 0.3) is 0 Å². The van der Waals surface area contributed by atoms with E-state index in [4.69, 9.17) is 10.5 Å². The summed E-state index contributed by atoms with van der Waals surface area (Å²) in [4.78, 5) is 12.8. The molecule has 5 rings (SSSR count). The number of fused-ring (bicyclic) bond motifs is 3. The fraction of sp³-hybridized carbons (Fsp3) is 0.211. The maximum atomic E-state index is 10.9. The van der Waals surface area contributed by atoms with Gasteiger partial charge >= 0.3 is 0 Å². The molecule has 0 amide bonds. The summed E-state index contributed by atoms with van der Waals surface area (Å²) in [7, 11) is 0. The van der Waals surface area contributed by atoms with Crippen molar-refractivity contribution in [2.24, 2.45) is 5.73 Å². The number of anilines is 1. The Morgan fingerprint density at radius 2 is 2.08 bits per heavy atom. The zero-order chi connectivity index (χ0) is 16.8. The van der Waals surface area contributed by atoms with Gasteiger partial charge in [-0.25, -0.2) is 0 Å². The number of aldehydes is 1. The molecule has 3 aliphatic rings. The minimum absolute atomic E-state index is 0.293. The van der Waals surface area contributed by atoms with Crippen molar-refractivity contribution in [2.45, 2.75) is 19.3 Å².